The van der Waals surface area contributed by atoms with Crippen LogP contribution in [-0.4, -0.2) is 30.1 Å². The lowest BCUT2D eigenvalue weighted by atomic mass is 9.85. The second kappa shape index (κ2) is 4.76. The van der Waals surface area contributed by atoms with Gasteiger partial charge in [-0.25, -0.2) is 0 Å². The van der Waals surface area contributed by atoms with Gasteiger partial charge in [-0.3, -0.25) is 4.90 Å². The van der Waals surface area contributed by atoms with Crippen LogP contribution in [0.2, 0.25) is 0 Å². The van der Waals surface area contributed by atoms with Crippen LogP contribution in [0.5, 0.6) is 0 Å². The molecule has 2 saturated heterocycles. The maximum atomic E-state index is 3.54. The molecule has 0 aliphatic carbocycles. The molecule has 0 bridgehead atoms. The fourth-order valence-electron chi connectivity index (χ4n) is 3.58. The summed E-state index contributed by atoms with van der Waals surface area (Å²) in [6.45, 7) is 9.57. The molecule has 2 aliphatic heterocycles. The molecule has 1 aromatic carbocycles. The number of nitrogens with zero attached hydrogens (tertiary/aromatic N) is 1. The second-order valence-corrected chi connectivity index (χ2v) is 7.43. The van der Waals surface area contributed by atoms with E-state index in [1.54, 1.807) is 0 Å². The third kappa shape index (κ3) is 2.21. The van der Waals surface area contributed by atoms with Crippen LogP contribution in [0.25, 0.3) is 0 Å². The Kier molecular flexibility index (Phi) is 3.41. The van der Waals surface area contributed by atoms with Crippen LogP contribution in [0.3, 0.4) is 0 Å². The van der Waals surface area contributed by atoms with E-state index in [-0.39, 0.29) is 0 Å². The second-order valence-electron chi connectivity index (χ2n) is 6.19. The molecule has 2 unspecified atom stereocenters. The van der Waals surface area contributed by atoms with Crippen molar-refractivity contribution < 1.29 is 0 Å². The minimum absolute atomic E-state index is 0.331. The molecule has 3 heteroatoms. The van der Waals surface area contributed by atoms with E-state index in [1.807, 2.05) is 0 Å². The monoisotopic (exact) mass is 356 g/mol. The Labute approximate surface area is 123 Å². The maximum absolute atomic E-state index is 3.54. The van der Waals surface area contributed by atoms with Crippen molar-refractivity contribution in [3.63, 3.8) is 0 Å². The summed E-state index contributed by atoms with van der Waals surface area (Å²) in [5.74, 6) is 1.67. The molecule has 2 heterocycles. The molecule has 2 atom stereocenters. The lowest BCUT2D eigenvalue weighted by Crippen LogP contribution is -2.43. The van der Waals surface area contributed by atoms with Crippen molar-refractivity contribution in [2.75, 3.05) is 19.6 Å². The van der Waals surface area contributed by atoms with Gasteiger partial charge in [0, 0.05) is 28.7 Å². The smallest absolute Gasteiger partial charge is 0.0239 e. The zero-order valence-corrected chi connectivity index (χ0v) is 13.3. The van der Waals surface area contributed by atoms with Crippen LogP contribution in [0, 0.1) is 15.4 Å². The first-order valence-electron chi connectivity index (χ1n) is 6.77. The van der Waals surface area contributed by atoms with Crippen LogP contribution < -0.4 is 5.32 Å². The largest absolute Gasteiger partial charge is 0.316 e. The van der Waals surface area contributed by atoms with Crippen LogP contribution in [0.1, 0.15) is 19.4 Å². The highest BCUT2D eigenvalue weighted by atomic mass is 127. The van der Waals surface area contributed by atoms with E-state index < -0.39 is 0 Å². The quantitative estimate of drug-likeness (QED) is 0.820. The average molecular weight is 356 g/mol. The van der Waals surface area contributed by atoms with Crippen molar-refractivity contribution in [2.24, 2.45) is 11.8 Å². The van der Waals surface area contributed by atoms with E-state index >= 15 is 0 Å². The Morgan fingerprint density at radius 3 is 2.67 bits per heavy atom. The summed E-state index contributed by atoms with van der Waals surface area (Å²) >= 11 is 2.37. The number of hydrogen-bond donors (Lipinski definition) is 1. The van der Waals surface area contributed by atoms with Gasteiger partial charge in [-0.2, -0.15) is 0 Å². The van der Waals surface area contributed by atoms with E-state index in [2.05, 4.69) is 70.9 Å². The number of fused-ring (bicyclic) bond motifs is 1. The Morgan fingerprint density at radius 2 is 2.00 bits per heavy atom. The number of benzene rings is 1. The average Bonchev–Trinajstić information content (AvgIpc) is 2.87. The van der Waals surface area contributed by atoms with Gasteiger partial charge in [-0.15, -0.1) is 0 Å². The first-order valence-corrected chi connectivity index (χ1v) is 7.85. The van der Waals surface area contributed by atoms with Gasteiger partial charge in [0.2, 0.25) is 0 Å². The lowest BCUT2D eigenvalue weighted by Gasteiger charge is -2.35. The number of halogens is 1. The molecule has 18 heavy (non-hydrogen) atoms. The molecule has 1 N–H and O–H groups in total. The molecule has 0 saturated carbocycles. The van der Waals surface area contributed by atoms with Crippen molar-refractivity contribution in [1.29, 1.82) is 0 Å². The van der Waals surface area contributed by atoms with Gasteiger partial charge in [-0.05, 0) is 72.5 Å². The summed E-state index contributed by atoms with van der Waals surface area (Å²) in [4.78, 5) is 2.67. The summed E-state index contributed by atoms with van der Waals surface area (Å²) in [6, 6.07) is 8.96. The van der Waals surface area contributed by atoms with Crippen molar-refractivity contribution >= 4 is 22.6 Å². The molecule has 2 aliphatic rings. The van der Waals surface area contributed by atoms with Gasteiger partial charge >= 0.3 is 0 Å². The molecule has 3 rings (SSSR count). The topological polar surface area (TPSA) is 15.3 Å². The van der Waals surface area contributed by atoms with E-state index in [4.69, 9.17) is 0 Å². The third-order valence-corrected chi connectivity index (χ3v) is 5.52. The Bertz CT molecular complexity index is 427. The fraction of sp³-hybridized carbons (Fsp3) is 0.600. The first-order chi connectivity index (χ1) is 8.57. The van der Waals surface area contributed by atoms with E-state index in [0.717, 1.165) is 18.4 Å². The zero-order chi connectivity index (χ0) is 12.8. The molecular weight excluding hydrogens is 335 g/mol. The zero-order valence-electron chi connectivity index (χ0n) is 11.1. The minimum Gasteiger partial charge on any atom is -0.316 e. The van der Waals surface area contributed by atoms with Crippen molar-refractivity contribution in [2.45, 2.75) is 25.9 Å². The highest BCUT2D eigenvalue weighted by Gasteiger charge is 2.49. The molecule has 0 spiro atoms. The molecule has 2 fully saturated rings. The van der Waals surface area contributed by atoms with Crippen LogP contribution >= 0.6 is 22.6 Å². The first kappa shape index (κ1) is 12.9. The summed E-state index contributed by atoms with van der Waals surface area (Å²) in [7, 11) is 0. The SMILES string of the molecule is CC1(C)C2CNCC2CN1Cc1ccc(I)cc1. The summed E-state index contributed by atoms with van der Waals surface area (Å²) < 4.78 is 1.32. The predicted molar refractivity (Wildman–Crippen MR) is 83.5 cm³/mol. The van der Waals surface area contributed by atoms with E-state index in [0.29, 0.717) is 5.54 Å². The summed E-state index contributed by atoms with van der Waals surface area (Å²) in [6.07, 6.45) is 0. The van der Waals surface area contributed by atoms with Gasteiger partial charge in [-0.1, -0.05) is 12.1 Å². The lowest BCUT2D eigenvalue weighted by molar-refractivity contribution is 0.132. The number of nitrogens with one attached hydrogen (secondary N) is 1. The van der Waals surface area contributed by atoms with Crippen LogP contribution in [-0.2, 0) is 6.54 Å². The van der Waals surface area contributed by atoms with E-state index in [9.17, 15) is 0 Å². The van der Waals surface area contributed by atoms with Gasteiger partial charge < -0.3 is 5.32 Å². The fourth-order valence-corrected chi connectivity index (χ4v) is 3.94. The molecular formula is C15H21IN2. The van der Waals surface area contributed by atoms with E-state index in [1.165, 1.54) is 28.8 Å². The Hall–Kier alpha value is -0.130. The van der Waals surface area contributed by atoms with Crippen molar-refractivity contribution in [3.05, 3.63) is 33.4 Å². The Balaban J connectivity index is 1.75. The normalized spacial score (nSPS) is 30.6. The summed E-state index contributed by atoms with van der Waals surface area (Å²) in [5.41, 5.74) is 1.77. The molecule has 1 aromatic rings. The number of hydrogen-bond acceptors (Lipinski definition) is 2. The standard InChI is InChI=1S/C15H21IN2/c1-15(2)14-8-17-7-12(14)10-18(15)9-11-3-5-13(16)6-4-11/h3-6,12,14,17H,7-10H2,1-2H3. The number of rotatable bonds is 2. The van der Waals surface area contributed by atoms with Gasteiger partial charge in [0.15, 0.2) is 0 Å². The molecule has 0 radical (unpaired) electrons. The Morgan fingerprint density at radius 1 is 1.28 bits per heavy atom. The highest BCUT2D eigenvalue weighted by Crippen LogP contribution is 2.41. The van der Waals surface area contributed by atoms with Crippen molar-refractivity contribution in [1.82, 2.24) is 10.2 Å². The number of likely N-dealkylation sites (tertiary alicyclic amines) is 1. The maximum Gasteiger partial charge on any atom is 0.0239 e. The van der Waals surface area contributed by atoms with Gasteiger partial charge in [0.1, 0.15) is 0 Å². The van der Waals surface area contributed by atoms with Crippen molar-refractivity contribution in [3.8, 4) is 0 Å². The van der Waals surface area contributed by atoms with Crippen LogP contribution in [0.4, 0.5) is 0 Å². The molecule has 0 amide bonds. The molecule has 98 valence electrons. The highest BCUT2D eigenvalue weighted by molar-refractivity contribution is 14.1. The predicted octanol–water partition coefficient (Wildman–Crippen LogP) is 2.72. The summed E-state index contributed by atoms with van der Waals surface area (Å²) in [5, 5.41) is 3.54. The van der Waals surface area contributed by atoms with Gasteiger partial charge in [0.05, 0.1) is 0 Å². The molecule has 0 aromatic heterocycles. The minimum atomic E-state index is 0.331. The van der Waals surface area contributed by atoms with Crippen LogP contribution in [0.15, 0.2) is 24.3 Å². The van der Waals surface area contributed by atoms with Gasteiger partial charge in [0.25, 0.3) is 0 Å². The third-order valence-electron chi connectivity index (χ3n) is 4.80. The molecule has 2 nitrogen and oxygen atoms in total.